The maximum absolute atomic E-state index is 13.5. The fourth-order valence-corrected chi connectivity index (χ4v) is 5.71. The van der Waals surface area contributed by atoms with E-state index in [4.69, 9.17) is 13.9 Å². The number of carbonyl (C=O) groups is 4. The van der Waals surface area contributed by atoms with Crippen molar-refractivity contribution < 1.29 is 33.1 Å². The Morgan fingerprint density at radius 1 is 0.881 bits per heavy atom. The molecule has 0 radical (unpaired) electrons. The van der Waals surface area contributed by atoms with E-state index in [1.165, 1.54) is 0 Å². The Kier molecular flexibility index (Phi) is 8.11. The van der Waals surface area contributed by atoms with Crippen molar-refractivity contribution in [3.63, 3.8) is 0 Å². The van der Waals surface area contributed by atoms with Crippen LogP contribution >= 0.6 is 0 Å². The van der Waals surface area contributed by atoms with Gasteiger partial charge in [0, 0.05) is 49.7 Å². The first-order valence-electron chi connectivity index (χ1n) is 14.2. The van der Waals surface area contributed by atoms with Crippen LogP contribution in [-0.4, -0.2) is 95.5 Å². The number of furan rings is 1. The highest BCUT2D eigenvalue weighted by Gasteiger charge is 2.34. The van der Waals surface area contributed by atoms with Crippen molar-refractivity contribution in [2.45, 2.75) is 31.7 Å². The molecule has 1 aliphatic carbocycles. The number of hydrogen-bond acceptors (Lipinski definition) is 9. The molecule has 6 rings (SSSR count). The number of fused-ring (bicyclic) bond motifs is 1. The first kappa shape index (κ1) is 27.8. The summed E-state index contributed by atoms with van der Waals surface area (Å²) in [7, 11) is 0. The standard InChI is InChI=1S/C29H32N6O7/c36-23-17-41-16-13-35(23)20-3-1-18(2-4-20)27(37)33-25-24-22(42-26(25)28(38)31-19-7-9-30-10-8-19)6-5-21(32-24)29(39)34-11-14-40-15-12-34/h5-10,18,20H,1-4,11-17H2,(H,33,37)(H,30,31,38)/t18-,20-. The summed E-state index contributed by atoms with van der Waals surface area (Å²) in [6.07, 6.45) is 5.66. The summed E-state index contributed by atoms with van der Waals surface area (Å²) in [6, 6.07) is 6.48. The topological polar surface area (TPSA) is 156 Å². The lowest BCUT2D eigenvalue weighted by molar-refractivity contribution is -0.146. The number of rotatable bonds is 6. The number of nitrogens with one attached hydrogen (secondary N) is 2. The second kappa shape index (κ2) is 12.2. The number of nitrogens with zero attached hydrogens (tertiary/aromatic N) is 4. The third-order valence-corrected chi connectivity index (χ3v) is 7.97. The molecule has 5 heterocycles. The third kappa shape index (κ3) is 5.83. The fourth-order valence-electron chi connectivity index (χ4n) is 5.71. The predicted octanol–water partition coefficient (Wildman–Crippen LogP) is 2.30. The van der Waals surface area contributed by atoms with E-state index in [1.807, 2.05) is 4.90 Å². The van der Waals surface area contributed by atoms with Crippen molar-refractivity contribution in [2.75, 3.05) is 56.7 Å². The lowest BCUT2D eigenvalue weighted by atomic mass is 9.84. The number of pyridine rings is 2. The summed E-state index contributed by atoms with van der Waals surface area (Å²) in [6.45, 7) is 2.98. The normalized spacial score (nSPS) is 21.3. The highest BCUT2D eigenvalue weighted by atomic mass is 16.5. The number of aromatic nitrogens is 2. The van der Waals surface area contributed by atoms with E-state index in [0.29, 0.717) is 70.8 Å². The number of ether oxygens (including phenoxy) is 2. The van der Waals surface area contributed by atoms with Gasteiger partial charge in [0.1, 0.15) is 23.5 Å². The van der Waals surface area contributed by atoms with Gasteiger partial charge in [-0.1, -0.05) is 0 Å². The van der Waals surface area contributed by atoms with Gasteiger partial charge in [0.2, 0.25) is 17.6 Å². The van der Waals surface area contributed by atoms with Crippen molar-refractivity contribution in [3.8, 4) is 0 Å². The van der Waals surface area contributed by atoms with E-state index in [-0.39, 0.29) is 64.5 Å². The quantitative estimate of drug-likeness (QED) is 0.449. The van der Waals surface area contributed by atoms with E-state index in [9.17, 15) is 19.2 Å². The molecule has 3 aromatic rings. The van der Waals surface area contributed by atoms with E-state index in [1.54, 1.807) is 41.6 Å². The molecule has 2 saturated heterocycles. The van der Waals surface area contributed by atoms with Gasteiger partial charge in [-0.3, -0.25) is 24.2 Å². The van der Waals surface area contributed by atoms with Gasteiger partial charge >= 0.3 is 0 Å². The van der Waals surface area contributed by atoms with Crippen molar-refractivity contribution in [1.29, 1.82) is 0 Å². The fraction of sp³-hybridized carbons (Fsp3) is 0.448. The zero-order chi connectivity index (χ0) is 29.1. The van der Waals surface area contributed by atoms with Gasteiger partial charge in [0.25, 0.3) is 11.8 Å². The van der Waals surface area contributed by atoms with Crippen molar-refractivity contribution in [1.82, 2.24) is 19.8 Å². The molecular weight excluding hydrogens is 544 g/mol. The van der Waals surface area contributed by atoms with Crippen LogP contribution in [0.25, 0.3) is 11.1 Å². The van der Waals surface area contributed by atoms with Gasteiger partial charge in [-0.15, -0.1) is 0 Å². The first-order valence-corrected chi connectivity index (χ1v) is 14.2. The maximum Gasteiger partial charge on any atom is 0.293 e. The molecule has 13 heteroatoms. The van der Waals surface area contributed by atoms with Crippen LogP contribution in [0.2, 0.25) is 0 Å². The Bertz CT molecular complexity index is 1480. The lowest BCUT2D eigenvalue weighted by Crippen LogP contribution is -2.49. The molecule has 0 bridgehead atoms. The van der Waals surface area contributed by atoms with Gasteiger partial charge in [0.15, 0.2) is 5.58 Å². The third-order valence-electron chi connectivity index (χ3n) is 7.97. The van der Waals surface area contributed by atoms with Gasteiger partial charge in [-0.25, -0.2) is 4.98 Å². The van der Waals surface area contributed by atoms with Gasteiger partial charge in [-0.05, 0) is 49.9 Å². The Balaban J connectivity index is 1.25. The zero-order valence-corrected chi connectivity index (χ0v) is 23.0. The number of carbonyl (C=O) groups excluding carboxylic acids is 4. The molecule has 42 heavy (non-hydrogen) atoms. The van der Waals surface area contributed by atoms with Crippen molar-refractivity contribution >= 4 is 46.1 Å². The molecule has 4 amide bonds. The Morgan fingerprint density at radius 3 is 2.36 bits per heavy atom. The highest BCUT2D eigenvalue weighted by Crippen LogP contribution is 2.34. The molecule has 2 aliphatic heterocycles. The second-order valence-corrected chi connectivity index (χ2v) is 10.6. The SMILES string of the molecule is O=C(Nc1ccncc1)c1oc2ccc(C(=O)N3CCOCC3)nc2c1NC(=O)[C@H]1CC[C@H](N2CCOCC2=O)CC1. The van der Waals surface area contributed by atoms with Crippen LogP contribution in [0.1, 0.15) is 46.7 Å². The van der Waals surface area contributed by atoms with E-state index < -0.39 is 5.91 Å². The van der Waals surface area contributed by atoms with Gasteiger partial charge < -0.3 is 34.3 Å². The van der Waals surface area contributed by atoms with Crippen molar-refractivity contribution in [3.05, 3.63) is 48.1 Å². The Hall–Kier alpha value is -4.36. The number of anilines is 2. The van der Waals surface area contributed by atoms with Crippen LogP contribution in [0.4, 0.5) is 11.4 Å². The summed E-state index contributed by atoms with van der Waals surface area (Å²) in [5.41, 5.74) is 1.27. The Morgan fingerprint density at radius 2 is 1.62 bits per heavy atom. The van der Waals surface area contributed by atoms with Crippen LogP contribution in [-0.2, 0) is 19.1 Å². The molecule has 2 N–H and O–H groups in total. The molecule has 3 aliphatic rings. The molecule has 3 fully saturated rings. The summed E-state index contributed by atoms with van der Waals surface area (Å²) >= 11 is 0. The average Bonchev–Trinajstić information content (AvgIpc) is 3.39. The molecule has 220 valence electrons. The monoisotopic (exact) mass is 576 g/mol. The smallest absolute Gasteiger partial charge is 0.293 e. The average molecular weight is 577 g/mol. The molecule has 0 spiro atoms. The molecule has 13 nitrogen and oxygen atoms in total. The largest absolute Gasteiger partial charge is 0.447 e. The van der Waals surface area contributed by atoms with Crippen molar-refractivity contribution in [2.24, 2.45) is 5.92 Å². The minimum absolute atomic E-state index is 0.0163. The zero-order valence-electron chi connectivity index (χ0n) is 23.0. The Labute approximate surface area is 241 Å². The molecule has 1 saturated carbocycles. The van der Waals surface area contributed by atoms with Crippen LogP contribution in [0.5, 0.6) is 0 Å². The number of hydrogen-bond donors (Lipinski definition) is 2. The highest BCUT2D eigenvalue weighted by molar-refractivity contribution is 6.14. The molecule has 0 atom stereocenters. The summed E-state index contributed by atoms with van der Waals surface area (Å²) in [5, 5.41) is 5.66. The molecular formula is C29H32N6O7. The van der Waals surface area contributed by atoms with Gasteiger partial charge in [-0.2, -0.15) is 0 Å². The minimum Gasteiger partial charge on any atom is -0.447 e. The maximum atomic E-state index is 13.5. The number of morpholine rings is 2. The van der Waals surface area contributed by atoms with Crippen LogP contribution in [0.15, 0.2) is 41.1 Å². The van der Waals surface area contributed by atoms with Crippen LogP contribution < -0.4 is 10.6 Å². The van der Waals surface area contributed by atoms with E-state index in [0.717, 1.165) is 0 Å². The van der Waals surface area contributed by atoms with Crippen LogP contribution in [0, 0.1) is 5.92 Å². The van der Waals surface area contributed by atoms with E-state index in [2.05, 4.69) is 20.6 Å². The number of amides is 4. The molecule has 0 unspecified atom stereocenters. The lowest BCUT2D eigenvalue weighted by Gasteiger charge is -2.38. The first-order chi connectivity index (χ1) is 20.5. The summed E-state index contributed by atoms with van der Waals surface area (Å²) in [4.78, 5) is 64.4. The molecule has 0 aromatic carbocycles. The van der Waals surface area contributed by atoms with Gasteiger partial charge in [0.05, 0.1) is 19.8 Å². The predicted molar refractivity (Wildman–Crippen MR) is 150 cm³/mol. The molecule has 3 aromatic heterocycles. The minimum atomic E-state index is -0.579. The van der Waals surface area contributed by atoms with E-state index >= 15 is 0 Å². The second-order valence-electron chi connectivity index (χ2n) is 10.6. The van der Waals surface area contributed by atoms with Crippen LogP contribution in [0.3, 0.4) is 0 Å². The summed E-state index contributed by atoms with van der Waals surface area (Å²) < 4.78 is 16.5. The summed E-state index contributed by atoms with van der Waals surface area (Å²) in [5.74, 6) is -1.57.